The largest absolute Gasteiger partial charge is 0.497 e. The molecule has 0 radical (unpaired) electrons. The molecular weight excluding hydrogens is 829 g/mol. The minimum absolute atomic E-state index is 0.0300. The van der Waals surface area contributed by atoms with Crippen LogP contribution in [0.2, 0.25) is 36.3 Å². The molecule has 0 saturated heterocycles. The maximum absolute atomic E-state index is 11.6. The Morgan fingerprint density at radius 1 is 0.738 bits per heavy atom. The Kier molecular flexibility index (Phi) is 15.8. The number of aromatic amines is 1. The molecule has 2 amide bonds. The van der Waals surface area contributed by atoms with Crippen molar-refractivity contribution in [1.29, 1.82) is 0 Å². The number of hydrogen-bond acceptors (Lipinski definition) is 9. The van der Waals surface area contributed by atoms with Crippen LogP contribution in [0.15, 0.2) is 73.1 Å². The first-order valence-electron chi connectivity index (χ1n) is 20.6. The number of rotatable bonds is 13. The second kappa shape index (κ2) is 19.5. The van der Waals surface area contributed by atoms with Crippen molar-refractivity contribution >= 4 is 60.4 Å². The van der Waals surface area contributed by atoms with Gasteiger partial charge in [-0.15, -0.1) is 0 Å². The van der Waals surface area contributed by atoms with Gasteiger partial charge in [0.1, 0.15) is 11.5 Å². The molecule has 6 rings (SSSR count). The second-order valence-electron chi connectivity index (χ2n) is 18.9. The Bertz CT molecular complexity index is 2340. The van der Waals surface area contributed by atoms with Gasteiger partial charge in [0.2, 0.25) is 11.8 Å². The van der Waals surface area contributed by atoms with E-state index in [-0.39, 0.29) is 59.1 Å². The van der Waals surface area contributed by atoms with Crippen molar-refractivity contribution < 1.29 is 40.5 Å². The number of carbonyl (C=O) groups excluding carboxylic acids is 2. The fraction of sp³-hybridized carbons (Fsp3) is 0.511. The lowest BCUT2D eigenvalue weighted by atomic mass is 10.1. The number of ether oxygens (including phenoxy) is 2. The van der Waals surface area contributed by atoms with Gasteiger partial charge in [-0.3, -0.25) is 13.8 Å². The van der Waals surface area contributed by atoms with Crippen LogP contribution in [0.5, 0.6) is 11.5 Å². The summed E-state index contributed by atoms with van der Waals surface area (Å²) in [6, 6.07) is 11.9. The molecule has 61 heavy (non-hydrogen) atoms. The molecule has 0 saturated carbocycles. The molecular formula is C45H68N4O9SSi2. The van der Waals surface area contributed by atoms with E-state index >= 15 is 0 Å². The number of aromatic nitrogens is 2. The molecule has 0 fully saturated rings. The fourth-order valence-corrected chi connectivity index (χ4v) is 9.88. The number of hydrogen-bond donors (Lipinski definition) is 3. The summed E-state index contributed by atoms with van der Waals surface area (Å²) in [6.07, 6.45) is 14.7. The SMILES string of the molecule is CC(C)(C)[Si](C)(C)O[C@@H]1C=C[C@H](OS(C)(=O)=O)C1.COc1ccc2[nH]cc(CC(N)=O)c2c1.COc1ccc2c(c1)c(CC(N)=O)cn2C1C=C[C@@H](O[Si](C)(C)C(C)(C)C)C1. The van der Waals surface area contributed by atoms with Crippen molar-refractivity contribution in [2.75, 3.05) is 20.5 Å². The van der Waals surface area contributed by atoms with Crippen LogP contribution in [0.25, 0.3) is 21.8 Å². The predicted octanol–water partition coefficient (Wildman–Crippen LogP) is 8.45. The Labute approximate surface area is 364 Å². The van der Waals surface area contributed by atoms with Crippen LogP contribution in [-0.2, 0) is 45.6 Å². The lowest BCUT2D eigenvalue weighted by Crippen LogP contribution is -2.43. The third kappa shape index (κ3) is 13.4. The summed E-state index contributed by atoms with van der Waals surface area (Å²) in [5, 5.41) is 2.33. The summed E-state index contributed by atoms with van der Waals surface area (Å²) in [4.78, 5) is 25.5. The van der Waals surface area contributed by atoms with Gasteiger partial charge in [0.15, 0.2) is 16.6 Å². The highest BCUT2D eigenvalue weighted by Crippen LogP contribution is 2.41. The minimum atomic E-state index is -3.40. The van der Waals surface area contributed by atoms with Gasteiger partial charge in [-0.05, 0) is 83.8 Å². The molecule has 2 heterocycles. The average Bonchev–Trinajstić information content (AvgIpc) is 3.93. The van der Waals surface area contributed by atoms with Gasteiger partial charge in [-0.25, -0.2) is 0 Å². The van der Waals surface area contributed by atoms with E-state index in [1.165, 1.54) is 0 Å². The highest BCUT2D eigenvalue weighted by molar-refractivity contribution is 7.86. The Morgan fingerprint density at radius 3 is 1.75 bits per heavy atom. The molecule has 2 aliphatic rings. The van der Waals surface area contributed by atoms with Crippen molar-refractivity contribution in [3.63, 3.8) is 0 Å². The van der Waals surface area contributed by atoms with E-state index in [1.54, 1.807) is 26.5 Å². The quantitative estimate of drug-likeness (QED) is 0.0672. The lowest BCUT2D eigenvalue weighted by Gasteiger charge is -2.38. The Morgan fingerprint density at radius 2 is 1.23 bits per heavy atom. The summed E-state index contributed by atoms with van der Waals surface area (Å²) in [5.74, 6) is 0.881. The van der Waals surface area contributed by atoms with Gasteiger partial charge in [-0.1, -0.05) is 65.8 Å². The fourth-order valence-electron chi connectivity index (χ4n) is 6.72. The smallest absolute Gasteiger partial charge is 0.264 e. The van der Waals surface area contributed by atoms with Crippen LogP contribution >= 0.6 is 0 Å². The van der Waals surface area contributed by atoms with E-state index in [9.17, 15) is 18.0 Å². The van der Waals surface area contributed by atoms with Crippen molar-refractivity contribution in [1.82, 2.24) is 9.55 Å². The number of amides is 2. The maximum atomic E-state index is 11.6. The number of nitrogens with zero attached hydrogens (tertiary/aromatic N) is 1. The first-order valence-corrected chi connectivity index (χ1v) is 28.2. The van der Waals surface area contributed by atoms with Crippen molar-refractivity contribution in [3.05, 3.63) is 84.2 Å². The molecule has 5 N–H and O–H groups in total. The van der Waals surface area contributed by atoms with E-state index in [2.05, 4.69) is 102 Å². The topological polar surface area (TPSA) is 187 Å². The van der Waals surface area contributed by atoms with Crippen LogP contribution in [-0.4, -0.2) is 85.2 Å². The number of nitrogens with one attached hydrogen (secondary N) is 1. The molecule has 2 aromatic carbocycles. The van der Waals surface area contributed by atoms with Gasteiger partial charge < -0.3 is 39.3 Å². The Hall–Kier alpha value is -4.20. The van der Waals surface area contributed by atoms with E-state index < -0.39 is 26.8 Å². The van der Waals surface area contributed by atoms with E-state index in [0.717, 1.165) is 57.1 Å². The summed E-state index contributed by atoms with van der Waals surface area (Å²) < 4.78 is 52.5. The third-order valence-corrected chi connectivity index (χ3v) is 21.6. The number of benzene rings is 2. The number of primary amides is 2. The normalized spacial score (nSPS) is 19.4. The molecule has 2 aromatic heterocycles. The summed E-state index contributed by atoms with van der Waals surface area (Å²) >= 11 is 0. The Balaban J connectivity index is 0.000000214. The maximum Gasteiger partial charge on any atom is 0.264 e. The standard InChI is InChI=1S/C22H32N2O3Si.C12H24O4SSi.C11H12N2O2/c1-22(2,3)28(5,6)27-18-8-7-16(12-18)24-14-15(11-21(23)25)19-13-17(26-4)9-10-20(19)24;1-12(2,3)18(5,6)16-11-8-7-10(9-11)15-17(4,13)14;1-15-8-2-3-10-9(5-8)7(6-13-10)4-11(12)14/h7-10,13-14,16,18H,11-12H2,1-6H3,(H2,23,25);7-8,10-11H,9H2,1-6H3;2-3,5-6,13H,4H2,1H3,(H2,12,14)/t16?,18-;10-,11+;/m10./s1. The molecule has 16 heteroatoms. The molecule has 0 spiro atoms. The zero-order chi connectivity index (χ0) is 45.7. The first kappa shape index (κ1) is 49.5. The number of allylic oxidation sites excluding steroid dienone is 1. The molecule has 0 aliphatic heterocycles. The summed E-state index contributed by atoms with van der Waals surface area (Å²) in [5.41, 5.74) is 14.5. The van der Waals surface area contributed by atoms with E-state index in [1.807, 2.05) is 36.4 Å². The van der Waals surface area contributed by atoms with Gasteiger partial charge in [-0.2, -0.15) is 8.42 Å². The average molecular weight is 897 g/mol. The zero-order valence-electron chi connectivity index (χ0n) is 38.3. The molecule has 0 bridgehead atoms. The third-order valence-electron chi connectivity index (χ3n) is 12.0. The highest BCUT2D eigenvalue weighted by Gasteiger charge is 2.41. The van der Waals surface area contributed by atoms with Crippen LogP contribution in [0.3, 0.4) is 0 Å². The van der Waals surface area contributed by atoms with Gasteiger partial charge in [0.25, 0.3) is 10.1 Å². The molecule has 1 unspecified atom stereocenters. The van der Waals surface area contributed by atoms with Crippen LogP contribution in [0.1, 0.15) is 71.6 Å². The first-order chi connectivity index (χ1) is 28.1. The van der Waals surface area contributed by atoms with E-state index in [0.29, 0.717) is 6.42 Å². The number of nitrogens with two attached hydrogens (primary N) is 2. The lowest BCUT2D eigenvalue weighted by molar-refractivity contribution is -0.118. The molecule has 2 aliphatic carbocycles. The van der Waals surface area contributed by atoms with Crippen LogP contribution < -0.4 is 20.9 Å². The number of fused-ring (bicyclic) bond motifs is 2. The highest BCUT2D eigenvalue weighted by atomic mass is 32.2. The van der Waals surface area contributed by atoms with Gasteiger partial charge in [0.05, 0.1) is 57.7 Å². The predicted molar refractivity (Wildman–Crippen MR) is 250 cm³/mol. The zero-order valence-corrected chi connectivity index (χ0v) is 41.1. The summed E-state index contributed by atoms with van der Waals surface area (Å²) in [6.45, 7) is 22.3. The monoisotopic (exact) mass is 896 g/mol. The van der Waals surface area contributed by atoms with Crippen molar-refractivity contribution in [2.45, 2.75) is 128 Å². The number of methoxy groups -OCH3 is 2. The van der Waals surface area contributed by atoms with Crippen LogP contribution in [0.4, 0.5) is 0 Å². The van der Waals surface area contributed by atoms with Gasteiger partial charge in [0, 0.05) is 47.0 Å². The molecule has 4 aromatic rings. The molecule has 13 nitrogen and oxygen atoms in total. The molecule has 336 valence electrons. The van der Waals surface area contributed by atoms with E-state index in [4.69, 9.17) is 34.0 Å². The van der Waals surface area contributed by atoms with Gasteiger partial charge >= 0.3 is 0 Å². The summed E-state index contributed by atoms with van der Waals surface area (Å²) in [7, 11) is -3.77. The number of H-pyrrole nitrogens is 1. The van der Waals surface area contributed by atoms with Crippen molar-refractivity contribution in [3.8, 4) is 11.5 Å². The second-order valence-corrected chi connectivity index (χ2v) is 30.1. The molecule has 4 atom stereocenters. The number of carbonyl (C=O) groups is 2. The van der Waals surface area contributed by atoms with Crippen molar-refractivity contribution in [2.24, 2.45) is 11.5 Å². The van der Waals surface area contributed by atoms with Crippen LogP contribution in [0, 0.1) is 0 Å². The minimum Gasteiger partial charge on any atom is -0.497 e.